The van der Waals surface area contributed by atoms with E-state index in [2.05, 4.69) is 4.98 Å². The normalized spacial score (nSPS) is 10.3. The lowest BCUT2D eigenvalue weighted by molar-refractivity contribution is 0.0521. The van der Waals surface area contributed by atoms with Crippen LogP contribution in [-0.4, -0.2) is 35.2 Å². The molecule has 0 bridgehead atoms. The van der Waals surface area contributed by atoms with Crippen molar-refractivity contribution in [2.75, 3.05) is 13.2 Å². The smallest absolute Gasteiger partial charge is 0.354 e. The number of benzene rings is 1. The zero-order chi connectivity index (χ0) is 17.7. The fourth-order valence-corrected chi connectivity index (χ4v) is 2.09. The number of carboxylic acids is 1. The molecule has 1 aromatic carbocycles. The monoisotopic (exact) mass is 333 g/mol. The van der Waals surface area contributed by atoms with Gasteiger partial charge in [-0.05, 0) is 38.1 Å². The van der Waals surface area contributed by atoms with Gasteiger partial charge in [-0.15, -0.1) is 0 Å². The highest BCUT2D eigenvalue weighted by atomic mass is 19.1. The Hall–Kier alpha value is -2.96. The van der Waals surface area contributed by atoms with Crippen LogP contribution < -0.4 is 4.74 Å². The summed E-state index contributed by atoms with van der Waals surface area (Å²) in [6.45, 7) is 3.93. The fraction of sp³-hybridized carbons (Fsp3) is 0.235. The zero-order valence-corrected chi connectivity index (χ0v) is 13.2. The summed E-state index contributed by atoms with van der Waals surface area (Å²) in [7, 11) is 0. The Kier molecular flexibility index (Phi) is 5.47. The number of hydrogen-bond acceptors (Lipinski definition) is 5. The number of carbonyl (C=O) groups excluding carboxylic acids is 1. The third-order valence-electron chi connectivity index (χ3n) is 3.12. The van der Waals surface area contributed by atoms with Crippen LogP contribution in [0.3, 0.4) is 0 Å². The van der Waals surface area contributed by atoms with Gasteiger partial charge in [0.1, 0.15) is 28.5 Å². The number of carboxylic acid groups (broad SMARTS) is 1. The van der Waals surface area contributed by atoms with Crippen LogP contribution in [0.1, 0.15) is 34.7 Å². The first-order valence-corrected chi connectivity index (χ1v) is 7.32. The van der Waals surface area contributed by atoms with Gasteiger partial charge in [-0.3, -0.25) is 0 Å². The predicted molar refractivity (Wildman–Crippen MR) is 83.7 cm³/mol. The molecule has 1 N–H and O–H groups in total. The van der Waals surface area contributed by atoms with Crippen molar-refractivity contribution < 1.29 is 28.6 Å². The Balaban J connectivity index is 2.52. The number of halogens is 1. The van der Waals surface area contributed by atoms with Crippen molar-refractivity contribution in [3.8, 4) is 17.0 Å². The maximum absolute atomic E-state index is 14.0. The third-order valence-corrected chi connectivity index (χ3v) is 3.12. The molecule has 2 rings (SSSR count). The van der Waals surface area contributed by atoms with Crippen molar-refractivity contribution in [2.45, 2.75) is 13.8 Å². The molecule has 2 aromatic rings. The summed E-state index contributed by atoms with van der Waals surface area (Å²) in [6.07, 6.45) is 0. The average Bonchev–Trinajstić information content (AvgIpc) is 2.55. The largest absolute Gasteiger partial charge is 0.493 e. The number of aromatic carboxylic acids is 1. The summed E-state index contributed by atoms with van der Waals surface area (Å²) in [5.74, 6) is -2.27. The second kappa shape index (κ2) is 7.54. The van der Waals surface area contributed by atoms with Crippen LogP contribution in [-0.2, 0) is 4.74 Å². The molecular weight excluding hydrogens is 317 g/mol. The highest BCUT2D eigenvalue weighted by molar-refractivity contribution is 5.93. The second-order valence-corrected chi connectivity index (χ2v) is 4.70. The zero-order valence-electron chi connectivity index (χ0n) is 13.2. The van der Waals surface area contributed by atoms with E-state index >= 15 is 0 Å². The minimum Gasteiger partial charge on any atom is -0.493 e. The van der Waals surface area contributed by atoms with E-state index in [1.54, 1.807) is 13.8 Å². The minimum absolute atomic E-state index is 0.133. The van der Waals surface area contributed by atoms with Gasteiger partial charge >= 0.3 is 11.9 Å². The van der Waals surface area contributed by atoms with Crippen LogP contribution in [0.4, 0.5) is 4.39 Å². The molecular formula is C17H16FNO5. The van der Waals surface area contributed by atoms with Gasteiger partial charge in [0.05, 0.1) is 13.2 Å². The maximum atomic E-state index is 14.0. The minimum atomic E-state index is -1.26. The van der Waals surface area contributed by atoms with E-state index in [1.807, 2.05) is 0 Å². The lowest BCUT2D eigenvalue weighted by atomic mass is 10.1. The van der Waals surface area contributed by atoms with Crippen molar-refractivity contribution >= 4 is 11.9 Å². The summed E-state index contributed by atoms with van der Waals surface area (Å²) < 4.78 is 24.4. The SMILES string of the molecule is CCOC(=O)c1ccc(-c2nc(C(=O)O)ccc2F)cc1OCC. The molecule has 1 heterocycles. The number of hydrogen-bond donors (Lipinski definition) is 1. The Labute approximate surface area is 137 Å². The summed E-state index contributed by atoms with van der Waals surface area (Å²) in [5, 5.41) is 8.99. The Morgan fingerprint density at radius 2 is 1.92 bits per heavy atom. The molecule has 1 aromatic heterocycles. The predicted octanol–water partition coefficient (Wildman–Crippen LogP) is 3.16. The summed E-state index contributed by atoms with van der Waals surface area (Å²) in [4.78, 5) is 26.7. The van der Waals surface area contributed by atoms with E-state index in [4.69, 9.17) is 14.6 Å². The van der Waals surface area contributed by atoms with E-state index in [0.29, 0.717) is 12.2 Å². The molecule has 0 saturated heterocycles. The molecule has 0 amide bonds. The number of nitrogens with zero attached hydrogens (tertiary/aromatic N) is 1. The van der Waals surface area contributed by atoms with Crippen molar-refractivity contribution in [3.05, 3.63) is 47.4 Å². The molecule has 0 unspecified atom stereocenters. The summed E-state index contributed by atoms with van der Waals surface area (Å²) >= 11 is 0. The van der Waals surface area contributed by atoms with Gasteiger partial charge in [-0.25, -0.2) is 19.0 Å². The summed E-state index contributed by atoms with van der Waals surface area (Å²) in [5.41, 5.74) is 0.0921. The topological polar surface area (TPSA) is 85.7 Å². The van der Waals surface area contributed by atoms with Gasteiger partial charge in [-0.2, -0.15) is 0 Å². The number of esters is 1. The first-order chi connectivity index (χ1) is 11.5. The van der Waals surface area contributed by atoms with Gasteiger partial charge < -0.3 is 14.6 Å². The van der Waals surface area contributed by atoms with Crippen LogP contribution in [0, 0.1) is 5.82 Å². The number of carbonyl (C=O) groups is 2. The average molecular weight is 333 g/mol. The van der Waals surface area contributed by atoms with Gasteiger partial charge in [0, 0.05) is 5.56 Å². The van der Waals surface area contributed by atoms with Crippen LogP contribution >= 0.6 is 0 Å². The van der Waals surface area contributed by atoms with E-state index in [0.717, 1.165) is 12.1 Å². The Bertz CT molecular complexity index is 776. The number of ether oxygens (including phenoxy) is 2. The second-order valence-electron chi connectivity index (χ2n) is 4.70. The standard InChI is InChI=1S/C17H16FNO5/c1-3-23-14-9-10(5-6-11(14)17(22)24-4-2)15-12(18)7-8-13(19-15)16(20)21/h5-9H,3-4H2,1-2H3,(H,20,21). The number of rotatable bonds is 6. The molecule has 6 nitrogen and oxygen atoms in total. The Morgan fingerprint density at radius 3 is 2.54 bits per heavy atom. The van der Waals surface area contributed by atoms with E-state index in [1.165, 1.54) is 18.2 Å². The van der Waals surface area contributed by atoms with E-state index < -0.39 is 17.8 Å². The van der Waals surface area contributed by atoms with Crippen LogP contribution in [0.5, 0.6) is 5.75 Å². The molecule has 0 radical (unpaired) electrons. The van der Waals surface area contributed by atoms with Crippen LogP contribution in [0.15, 0.2) is 30.3 Å². The van der Waals surface area contributed by atoms with E-state index in [-0.39, 0.29) is 29.3 Å². The first kappa shape index (κ1) is 17.4. The molecule has 0 aliphatic heterocycles. The Morgan fingerprint density at radius 1 is 1.17 bits per heavy atom. The molecule has 24 heavy (non-hydrogen) atoms. The maximum Gasteiger partial charge on any atom is 0.354 e. The van der Waals surface area contributed by atoms with Gasteiger partial charge in [0.15, 0.2) is 0 Å². The molecule has 7 heteroatoms. The molecule has 0 atom stereocenters. The molecule has 0 spiro atoms. The van der Waals surface area contributed by atoms with Gasteiger partial charge in [-0.1, -0.05) is 6.07 Å². The third kappa shape index (κ3) is 3.68. The number of aromatic nitrogens is 1. The molecule has 0 fully saturated rings. The van der Waals surface area contributed by atoms with Crippen LogP contribution in [0.25, 0.3) is 11.3 Å². The molecule has 126 valence electrons. The van der Waals surface area contributed by atoms with Crippen molar-refractivity contribution in [3.63, 3.8) is 0 Å². The van der Waals surface area contributed by atoms with E-state index in [9.17, 15) is 14.0 Å². The summed E-state index contributed by atoms with van der Waals surface area (Å²) in [6, 6.07) is 6.45. The lowest BCUT2D eigenvalue weighted by Crippen LogP contribution is -2.08. The molecule has 0 saturated carbocycles. The highest BCUT2D eigenvalue weighted by Crippen LogP contribution is 2.29. The van der Waals surface area contributed by atoms with Crippen LogP contribution in [0.2, 0.25) is 0 Å². The highest BCUT2D eigenvalue weighted by Gasteiger charge is 2.18. The molecule has 0 aliphatic carbocycles. The number of pyridine rings is 1. The molecule has 0 aliphatic rings. The fourth-order valence-electron chi connectivity index (χ4n) is 2.09. The van der Waals surface area contributed by atoms with Gasteiger partial charge in [0.25, 0.3) is 0 Å². The van der Waals surface area contributed by atoms with Crippen molar-refractivity contribution in [2.24, 2.45) is 0 Å². The lowest BCUT2D eigenvalue weighted by Gasteiger charge is -2.12. The first-order valence-electron chi connectivity index (χ1n) is 7.32. The van der Waals surface area contributed by atoms with Crippen molar-refractivity contribution in [1.82, 2.24) is 4.98 Å². The van der Waals surface area contributed by atoms with Crippen molar-refractivity contribution in [1.29, 1.82) is 0 Å². The quantitative estimate of drug-likeness (QED) is 0.817. The van der Waals surface area contributed by atoms with Gasteiger partial charge in [0.2, 0.25) is 0 Å².